The smallest absolute Gasteiger partial charge is 0.263 e. The Hall–Kier alpha value is -3.90. The molecule has 2 aromatic carbocycles. The van der Waals surface area contributed by atoms with Crippen LogP contribution in [0.1, 0.15) is 16.7 Å². The van der Waals surface area contributed by atoms with Gasteiger partial charge in [0, 0.05) is 43.8 Å². The Morgan fingerprint density at radius 2 is 1.82 bits per heavy atom. The number of fused-ring (bicyclic) bond motifs is 1. The van der Waals surface area contributed by atoms with E-state index in [4.69, 9.17) is 4.98 Å². The van der Waals surface area contributed by atoms with Gasteiger partial charge in [-0.25, -0.2) is 9.98 Å². The Morgan fingerprint density at radius 3 is 2.61 bits per heavy atom. The van der Waals surface area contributed by atoms with E-state index < -0.39 is 0 Å². The van der Waals surface area contributed by atoms with Crippen molar-refractivity contribution in [1.82, 2.24) is 19.9 Å². The van der Waals surface area contributed by atoms with Gasteiger partial charge in [-0.2, -0.15) is 0 Å². The van der Waals surface area contributed by atoms with Crippen molar-refractivity contribution < 1.29 is 0 Å². The molecule has 6 heteroatoms. The monoisotopic (exact) mass is 435 g/mol. The van der Waals surface area contributed by atoms with Crippen molar-refractivity contribution in [3.8, 4) is 22.4 Å². The Labute approximate surface area is 192 Å². The molecule has 0 bridgehead atoms. The Kier molecular flexibility index (Phi) is 5.67. The van der Waals surface area contributed by atoms with Crippen LogP contribution in [-0.4, -0.2) is 26.8 Å². The van der Waals surface area contributed by atoms with Crippen molar-refractivity contribution in [1.29, 1.82) is 0 Å². The summed E-state index contributed by atoms with van der Waals surface area (Å²) in [6.45, 7) is 2.81. The molecule has 1 N–H and O–H groups in total. The van der Waals surface area contributed by atoms with Crippen LogP contribution in [0.5, 0.6) is 0 Å². The maximum Gasteiger partial charge on any atom is 0.263 e. The summed E-state index contributed by atoms with van der Waals surface area (Å²) < 4.78 is 1.52. The summed E-state index contributed by atoms with van der Waals surface area (Å²) in [6, 6.07) is 20.2. The standard InChI is InChI=1S/C27H25N5O/c1-18-6-5-9-21(14-18)24-25(19-10-12-28-13-11-19)31-27(32(2)26(24)33)30-17-23-15-20-7-3-4-8-22(20)16-29-23/h3-14,17,23,29H,15-16H2,1-2H3/t23-/m0/s1. The summed E-state index contributed by atoms with van der Waals surface area (Å²) in [4.78, 5) is 27.1. The number of hydrogen-bond acceptors (Lipinski definition) is 5. The van der Waals surface area contributed by atoms with Gasteiger partial charge in [0.25, 0.3) is 5.56 Å². The molecule has 0 amide bonds. The quantitative estimate of drug-likeness (QED) is 0.487. The van der Waals surface area contributed by atoms with Crippen LogP contribution in [0, 0.1) is 6.92 Å². The van der Waals surface area contributed by atoms with Crippen molar-refractivity contribution in [3.63, 3.8) is 0 Å². The van der Waals surface area contributed by atoms with Gasteiger partial charge in [-0.3, -0.25) is 14.3 Å². The number of aryl methyl sites for hydroxylation is 1. The zero-order valence-electron chi connectivity index (χ0n) is 18.7. The van der Waals surface area contributed by atoms with Crippen LogP contribution >= 0.6 is 0 Å². The molecule has 0 radical (unpaired) electrons. The molecule has 4 aromatic rings. The molecule has 6 nitrogen and oxygen atoms in total. The minimum atomic E-state index is -0.128. The van der Waals surface area contributed by atoms with Gasteiger partial charge < -0.3 is 5.32 Å². The lowest BCUT2D eigenvalue weighted by molar-refractivity contribution is 0.584. The van der Waals surface area contributed by atoms with E-state index in [1.807, 2.05) is 49.5 Å². The molecule has 0 fully saturated rings. The van der Waals surface area contributed by atoms with Crippen molar-refractivity contribution >= 4 is 12.2 Å². The lowest BCUT2D eigenvalue weighted by atomic mass is 9.96. The van der Waals surface area contributed by atoms with E-state index in [2.05, 4.69) is 39.6 Å². The van der Waals surface area contributed by atoms with E-state index >= 15 is 0 Å². The summed E-state index contributed by atoms with van der Waals surface area (Å²) in [5, 5.41) is 3.50. The fourth-order valence-corrected chi connectivity index (χ4v) is 4.23. The Bertz CT molecular complexity index is 1390. The Balaban J connectivity index is 1.58. The van der Waals surface area contributed by atoms with Gasteiger partial charge in [0.1, 0.15) is 0 Å². The minimum absolute atomic E-state index is 0.0811. The van der Waals surface area contributed by atoms with E-state index in [1.54, 1.807) is 19.4 Å². The normalized spacial score (nSPS) is 15.5. The minimum Gasteiger partial charge on any atom is -0.305 e. The summed E-state index contributed by atoms with van der Waals surface area (Å²) in [5.41, 5.74) is 6.45. The second kappa shape index (κ2) is 8.92. The number of aliphatic imine (C=N–C) groups is 1. The first-order chi connectivity index (χ1) is 16.1. The van der Waals surface area contributed by atoms with E-state index in [0.717, 1.165) is 29.7 Å². The van der Waals surface area contributed by atoms with Crippen LogP contribution in [0.3, 0.4) is 0 Å². The van der Waals surface area contributed by atoms with E-state index in [1.165, 1.54) is 15.7 Å². The Morgan fingerprint density at radius 1 is 1.03 bits per heavy atom. The molecular weight excluding hydrogens is 410 g/mol. The van der Waals surface area contributed by atoms with Gasteiger partial charge in [-0.1, -0.05) is 54.1 Å². The van der Waals surface area contributed by atoms with E-state index in [-0.39, 0.29) is 11.6 Å². The zero-order valence-corrected chi connectivity index (χ0v) is 18.7. The average Bonchev–Trinajstić information content (AvgIpc) is 2.85. The van der Waals surface area contributed by atoms with Crippen LogP contribution in [0.15, 0.2) is 82.8 Å². The molecule has 1 aliphatic rings. The number of nitrogens with zero attached hydrogens (tertiary/aromatic N) is 4. The molecule has 33 heavy (non-hydrogen) atoms. The largest absolute Gasteiger partial charge is 0.305 e. The van der Waals surface area contributed by atoms with Crippen LogP contribution < -0.4 is 10.9 Å². The maximum atomic E-state index is 13.5. The van der Waals surface area contributed by atoms with Crippen LogP contribution in [-0.2, 0) is 20.0 Å². The molecule has 1 aliphatic heterocycles. The lowest BCUT2D eigenvalue weighted by Crippen LogP contribution is -2.36. The highest BCUT2D eigenvalue weighted by atomic mass is 16.1. The fourth-order valence-electron chi connectivity index (χ4n) is 4.23. The molecule has 0 saturated heterocycles. The summed E-state index contributed by atoms with van der Waals surface area (Å²) in [5.74, 6) is 0.379. The predicted molar refractivity (Wildman–Crippen MR) is 132 cm³/mol. The first kappa shape index (κ1) is 21.0. The molecule has 3 heterocycles. The van der Waals surface area contributed by atoms with Crippen molar-refractivity contribution in [3.05, 3.63) is 100 Å². The molecule has 0 spiro atoms. The van der Waals surface area contributed by atoms with Gasteiger partial charge in [0.15, 0.2) is 0 Å². The SMILES string of the molecule is Cc1cccc(-c2c(-c3ccncc3)nc(N=C[C@@H]3Cc4ccccc4CN3)n(C)c2=O)c1. The molecule has 2 aromatic heterocycles. The van der Waals surface area contributed by atoms with Crippen LogP contribution in [0.4, 0.5) is 5.95 Å². The van der Waals surface area contributed by atoms with Crippen molar-refractivity contribution in [2.24, 2.45) is 12.0 Å². The van der Waals surface area contributed by atoms with Crippen molar-refractivity contribution in [2.45, 2.75) is 25.9 Å². The van der Waals surface area contributed by atoms with E-state index in [0.29, 0.717) is 17.2 Å². The summed E-state index contributed by atoms with van der Waals surface area (Å²) >= 11 is 0. The topological polar surface area (TPSA) is 72.2 Å². The zero-order chi connectivity index (χ0) is 22.8. The molecule has 0 saturated carbocycles. The molecule has 164 valence electrons. The number of rotatable bonds is 4. The molecule has 0 aliphatic carbocycles. The lowest BCUT2D eigenvalue weighted by Gasteiger charge is -2.23. The number of nitrogens with one attached hydrogen (secondary N) is 1. The van der Waals surface area contributed by atoms with Gasteiger partial charge in [-0.05, 0) is 42.2 Å². The third-order valence-electron chi connectivity index (χ3n) is 6.01. The van der Waals surface area contributed by atoms with Crippen LogP contribution in [0.2, 0.25) is 0 Å². The summed E-state index contributed by atoms with van der Waals surface area (Å²) in [7, 11) is 1.72. The van der Waals surface area contributed by atoms with Gasteiger partial charge in [0.05, 0.1) is 11.3 Å². The molecule has 1 atom stereocenters. The van der Waals surface area contributed by atoms with Gasteiger partial charge in [0.2, 0.25) is 5.95 Å². The van der Waals surface area contributed by atoms with Gasteiger partial charge >= 0.3 is 0 Å². The fraction of sp³-hybridized carbons (Fsp3) is 0.185. The van der Waals surface area contributed by atoms with Crippen molar-refractivity contribution in [2.75, 3.05) is 0 Å². The molecular formula is C27H25N5O. The summed E-state index contributed by atoms with van der Waals surface area (Å²) in [6.07, 6.45) is 6.13. The number of hydrogen-bond donors (Lipinski definition) is 1. The third-order valence-corrected chi connectivity index (χ3v) is 6.01. The highest BCUT2D eigenvalue weighted by Crippen LogP contribution is 2.29. The number of aromatic nitrogens is 3. The molecule has 0 unspecified atom stereocenters. The second-order valence-corrected chi connectivity index (χ2v) is 8.34. The third kappa shape index (κ3) is 4.25. The first-order valence-electron chi connectivity index (χ1n) is 11.0. The first-order valence-corrected chi connectivity index (χ1v) is 11.0. The van der Waals surface area contributed by atoms with E-state index in [9.17, 15) is 4.79 Å². The molecule has 5 rings (SSSR count). The number of pyridine rings is 1. The highest BCUT2D eigenvalue weighted by Gasteiger charge is 2.19. The average molecular weight is 436 g/mol. The predicted octanol–water partition coefficient (Wildman–Crippen LogP) is 4.23. The second-order valence-electron chi connectivity index (χ2n) is 8.34. The van der Waals surface area contributed by atoms with Gasteiger partial charge in [-0.15, -0.1) is 0 Å². The highest BCUT2D eigenvalue weighted by molar-refractivity contribution is 5.81. The number of benzene rings is 2. The van der Waals surface area contributed by atoms with Crippen LogP contribution in [0.25, 0.3) is 22.4 Å². The maximum absolute atomic E-state index is 13.5.